The molecule has 2 aliphatic rings. The zero-order valence-corrected chi connectivity index (χ0v) is 24.9. The van der Waals surface area contributed by atoms with Gasteiger partial charge >= 0.3 is 40.0 Å². The molecule has 2 aliphatic heterocycles. The molecule has 2 heterocycles. The van der Waals surface area contributed by atoms with Gasteiger partial charge in [-0.1, -0.05) is 18.0 Å². The maximum absolute atomic E-state index is 11.9. The zero-order chi connectivity index (χ0) is 29.2. The molecule has 18 nitrogen and oxygen atoms in total. The van der Waals surface area contributed by atoms with E-state index >= 15 is 0 Å². The van der Waals surface area contributed by atoms with E-state index in [1.807, 2.05) is 0 Å². The summed E-state index contributed by atoms with van der Waals surface area (Å²) in [5.74, 6) is -0.725. The van der Waals surface area contributed by atoms with Crippen LogP contribution >= 0.6 is 0 Å². The van der Waals surface area contributed by atoms with Crippen molar-refractivity contribution >= 4 is 16.3 Å². The Hall–Kier alpha value is -0.710. The van der Waals surface area contributed by atoms with Crippen LogP contribution < -0.4 is 34.7 Å². The summed E-state index contributed by atoms with van der Waals surface area (Å²) >= 11 is 0. The quantitative estimate of drug-likeness (QED) is 0.0147. The van der Waals surface area contributed by atoms with Crippen molar-refractivity contribution in [3.8, 4) is 0 Å². The fourth-order valence-electron chi connectivity index (χ4n) is 4.05. The Morgan fingerprint density at radius 3 is 2.25 bits per heavy atom. The van der Waals surface area contributed by atoms with Gasteiger partial charge in [0, 0.05) is 18.1 Å². The summed E-state index contributed by atoms with van der Waals surface area (Å²) in [6.45, 7) is -0.161. The van der Waals surface area contributed by atoms with Crippen LogP contribution in [0.3, 0.4) is 0 Å². The van der Waals surface area contributed by atoms with E-state index in [1.54, 1.807) is 0 Å². The molecule has 0 spiro atoms. The number of nitrogens with zero attached hydrogens (tertiary/aromatic N) is 4. The Bertz CT molecular complexity index is 936. The number of ether oxygens (including phenoxy) is 4. The molecule has 0 aromatic carbocycles. The van der Waals surface area contributed by atoms with Crippen LogP contribution in [-0.2, 0) is 33.5 Å². The van der Waals surface area contributed by atoms with Crippen molar-refractivity contribution in [2.45, 2.75) is 94.0 Å². The van der Waals surface area contributed by atoms with Crippen LogP contribution in [0.4, 0.5) is 0 Å². The molecule has 2 saturated heterocycles. The third kappa shape index (κ3) is 11.5. The van der Waals surface area contributed by atoms with Crippen LogP contribution in [-0.4, -0.2) is 132 Å². The number of aliphatic hydroxyl groups is 5. The minimum absolute atomic E-state index is 0. The van der Waals surface area contributed by atoms with E-state index in [4.69, 9.17) is 29.0 Å². The van der Waals surface area contributed by atoms with E-state index in [0.29, 0.717) is 25.8 Å². The maximum atomic E-state index is 11.9. The van der Waals surface area contributed by atoms with Gasteiger partial charge in [-0.25, -0.2) is 4.18 Å². The van der Waals surface area contributed by atoms with E-state index in [9.17, 15) is 39.1 Å². The second-order valence-electron chi connectivity index (χ2n) is 8.92. The first-order valence-corrected chi connectivity index (χ1v) is 13.5. The molecule has 6 N–H and O–H groups in total. The summed E-state index contributed by atoms with van der Waals surface area (Å²) in [5.41, 5.74) is 8.30. The number of azide groups is 1. The molecule has 0 unspecified atom stereocenters. The van der Waals surface area contributed by atoms with Crippen molar-refractivity contribution in [2.24, 2.45) is 10.1 Å². The van der Waals surface area contributed by atoms with Gasteiger partial charge in [-0.2, -0.15) is 8.42 Å². The van der Waals surface area contributed by atoms with Crippen LogP contribution in [0.1, 0.15) is 32.6 Å². The predicted molar refractivity (Wildman–Crippen MR) is 126 cm³/mol. The molecule has 0 aliphatic carbocycles. The SMILES string of the molecule is CC([O-])=N[C@H]1[C@H](OCCCCCCN=[N+]=[N-])O[C@H](COS(=O)(=O)O)[C@@H](O)[C@@H]1O[C@@H]1O[C@H](CO)[C@H](O)[C@H](O)[C@H]1O.[Na+]. The van der Waals surface area contributed by atoms with Crippen LogP contribution in [0.25, 0.3) is 10.4 Å². The summed E-state index contributed by atoms with van der Waals surface area (Å²) < 4.78 is 57.8. The first-order valence-electron chi connectivity index (χ1n) is 12.1. The van der Waals surface area contributed by atoms with Crippen LogP contribution in [0.5, 0.6) is 0 Å². The third-order valence-corrected chi connectivity index (χ3v) is 6.43. The smallest absolute Gasteiger partial charge is 0.862 e. The molecule has 2 rings (SSSR count). The number of unbranched alkanes of at least 4 members (excludes halogenated alkanes) is 3. The molecule has 40 heavy (non-hydrogen) atoms. The summed E-state index contributed by atoms with van der Waals surface area (Å²) in [5, 5.41) is 66.2. The van der Waals surface area contributed by atoms with Gasteiger partial charge in [0.05, 0.1) is 13.2 Å². The average molecular weight is 611 g/mol. The number of aliphatic imine (C=N–C) groups is 1. The van der Waals surface area contributed by atoms with Gasteiger partial charge in [0.25, 0.3) is 0 Å². The Morgan fingerprint density at radius 1 is 1.00 bits per heavy atom. The molecular formula is C20H35N4NaO14S. The van der Waals surface area contributed by atoms with Crippen molar-refractivity contribution in [2.75, 3.05) is 26.4 Å². The number of rotatable bonds is 15. The van der Waals surface area contributed by atoms with Gasteiger partial charge in [0.15, 0.2) is 12.6 Å². The van der Waals surface area contributed by atoms with Crippen molar-refractivity contribution < 1.29 is 96.3 Å². The fourth-order valence-corrected chi connectivity index (χ4v) is 4.36. The Balaban J connectivity index is 0.00000800. The van der Waals surface area contributed by atoms with E-state index in [1.165, 1.54) is 0 Å². The number of hydrogen-bond acceptors (Lipinski definition) is 15. The second kappa shape index (κ2) is 18.1. The minimum Gasteiger partial charge on any atom is -0.862 e. The number of hydrogen-bond donors (Lipinski definition) is 6. The van der Waals surface area contributed by atoms with E-state index < -0.39 is 90.9 Å². The first-order chi connectivity index (χ1) is 18.4. The normalized spacial score (nSPS) is 35.0. The van der Waals surface area contributed by atoms with Crippen molar-refractivity contribution in [1.82, 2.24) is 0 Å². The minimum atomic E-state index is -4.94. The molecule has 2 fully saturated rings. The molecule has 0 aromatic rings. The monoisotopic (exact) mass is 610 g/mol. The second-order valence-corrected chi connectivity index (χ2v) is 10.0. The Labute approximate surface area is 252 Å². The zero-order valence-electron chi connectivity index (χ0n) is 22.1. The molecule has 0 bridgehead atoms. The van der Waals surface area contributed by atoms with Gasteiger partial charge in [0.2, 0.25) is 0 Å². The molecule has 0 radical (unpaired) electrons. The first kappa shape index (κ1) is 37.3. The van der Waals surface area contributed by atoms with Crippen LogP contribution in [0.2, 0.25) is 0 Å². The van der Waals surface area contributed by atoms with Gasteiger partial charge in [-0.3, -0.25) is 9.55 Å². The molecule has 0 amide bonds. The predicted octanol–water partition coefficient (Wildman–Crippen LogP) is -5.88. The van der Waals surface area contributed by atoms with Crippen molar-refractivity contribution in [1.29, 1.82) is 0 Å². The average Bonchev–Trinajstić information content (AvgIpc) is 2.87. The molecule has 0 saturated carbocycles. The molecular weight excluding hydrogens is 575 g/mol. The van der Waals surface area contributed by atoms with Crippen LogP contribution in [0.15, 0.2) is 10.1 Å². The summed E-state index contributed by atoms with van der Waals surface area (Å²) in [6, 6.07) is -1.39. The molecule has 20 heteroatoms. The van der Waals surface area contributed by atoms with Gasteiger partial charge in [-0.15, -0.1) is 0 Å². The van der Waals surface area contributed by atoms with E-state index in [0.717, 1.165) is 13.3 Å². The van der Waals surface area contributed by atoms with E-state index in [-0.39, 0.29) is 36.2 Å². The Morgan fingerprint density at radius 2 is 1.65 bits per heavy atom. The fraction of sp³-hybridized carbons (Fsp3) is 0.950. The standard InChI is InChI=1S/C20H36N4O14S.Na/c1-10(26)23-13-18(38-20-17(30)16(29)14(27)11(8-25)36-20)15(28)12(9-35-39(31,32)33)37-19(13)34-7-5-3-2-4-6-22-24-21;/h11-20,25,27-30H,2-9H2,1H3,(H,23,26)(H,31,32,33);/q;+1/p-1/t11-,12-,13-,14+,15-,16+,17-,18-,19-,20+;/m1./s1. The van der Waals surface area contributed by atoms with Crippen LogP contribution in [0, 0.1) is 0 Å². The van der Waals surface area contributed by atoms with Crippen molar-refractivity contribution in [3.05, 3.63) is 10.4 Å². The Kier molecular flexibility index (Phi) is 16.9. The number of aliphatic hydroxyl groups excluding tert-OH is 5. The molecule has 226 valence electrons. The summed E-state index contributed by atoms with van der Waals surface area (Å²) in [4.78, 5) is 6.54. The largest absolute Gasteiger partial charge is 1.00 e. The summed E-state index contributed by atoms with van der Waals surface area (Å²) in [6.07, 6.45) is -12.2. The van der Waals surface area contributed by atoms with Gasteiger partial charge in [0.1, 0.15) is 48.8 Å². The van der Waals surface area contributed by atoms with Gasteiger partial charge in [-0.05, 0) is 31.2 Å². The topological polar surface area (TPSA) is 286 Å². The van der Waals surface area contributed by atoms with Crippen molar-refractivity contribution in [3.63, 3.8) is 0 Å². The third-order valence-electron chi connectivity index (χ3n) is 5.99. The van der Waals surface area contributed by atoms with E-state index in [2.05, 4.69) is 19.2 Å². The van der Waals surface area contributed by atoms with Gasteiger partial charge < -0.3 is 49.6 Å². The maximum Gasteiger partial charge on any atom is 1.00 e. The molecule has 0 aromatic heterocycles. The molecule has 10 atom stereocenters. The summed E-state index contributed by atoms with van der Waals surface area (Å²) in [7, 11) is -4.94.